The Kier molecular flexibility index (Phi) is 3.05. The maximum atomic E-state index is 12.7. The number of rotatable bonds is 1. The van der Waals surface area contributed by atoms with E-state index in [0.29, 0.717) is 11.0 Å². The Bertz CT molecular complexity index is 863. The van der Waals surface area contributed by atoms with Gasteiger partial charge in [-0.15, -0.1) is 0 Å². The minimum atomic E-state index is -4.45. The Balaban J connectivity index is 2.22. The average molecular weight is 290 g/mol. The average Bonchev–Trinajstić information content (AvgIpc) is 2.47. The maximum absolute atomic E-state index is 12.7. The highest BCUT2D eigenvalue weighted by Gasteiger charge is 2.30. The standard InChI is InChI=1S/C16H9F3O2/c17-16(18,19)11-5-3-4-10(8-11)13-9-21-14-7-2-1-6-12(14)15(13)20/h1-9H. The molecule has 1 heterocycles. The van der Waals surface area contributed by atoms with Crippen LogP contribution >= 0.6 is 0 Å². The van der Waals surface area contributed by atoms with E-state index < -0.39 is 11.7 Å². The highest BCUT2D eigenvalue weighted by atomic mass is 19.4. The topological polar surface area (TPSA) is 30.2 Å². The zero-order valence-corrected chi connectivity index (χ0v) is 10.6. The first kappa shape index (κ1) is 13.4. The van der Waals surface area contributed by atoms with Gasteiger partial charge in [-0.2, -0.15) is 13.2 Å². The third-order valence-electron chi connectivity index (χ3n) is 3.18. The summed E-state index contributed by atoms with van der Waals surface area (Å²) in [5.41, 5.74) is -0.453. The monoisotopic (exact) mass is 290 g/mol. The summed E-state index contributed by atoms with van der Waals surface area (Å²) in [5, 5.41) is 0.340. The molecule has 0 aliphatic heterocycles. The molecule has 2 nitrogen and oxygen atoms in total. The molecule has 0 aliphatic carbocycles. The summed E-state index contributed by atoms with van der Waals surface area (Å²) < 4.78 is 43.5. The molecular weight excluding hydrogens is 281 g/mol. The van der Waals surface area contributed by atoms with Crippen molar-refractivity contribution in [2.75, 3.05) is 0 Å². The molecule has 5 heteroatoms. The van der Waals surface area contributed by atoms with Gasteiger partial charge >= 0.3 is 6.18 Å². The number of fused-ring (bicyclic) bond motifs is 1. The van der Waals surface area contributed by atoms with Crippen LogP contribution < -0.4 is 5.43 Å². The molecule has 0 aliphatic rings. The van der Waals surface area contributed by atoms with Gasteiger partial charge in [-0.05, 0) is 29.8 Å². The predicted octanol–water partition coefficient (Wildman–Crippen LogP) is 4.48. The maximum Gasteiger partial charge on any atom is 0.416 e. The molecule has 0 amide bonds. The normalized spacial score (nSPS) is 11.8. The van der Waals surface area contributed by atoms with Crippen molar-refractivity contribution in [1.82, 2.24) is 0 Å². The molecule has 0 N–H and O–H groups in total. The van der Waals surface area contributed by atoms with Gasteiger partial charge in [0.2, 0.25) is 0 Å². The molecule has 3 rings (SSSR count). The van der Waals surface area contributed by atoms with Gasteiger partial charge in [-0.25, -0.2) is 0 Å². The van der Waals surface area contributed by atoms with Crippen molar-refractivity contribution in [3.63, 3.8) is 0 Å². The van der Waals surface area contributed by atoms with Crippen LogP contribution in [0.4, 0.5) is 13.2 Å². The summed E-state index contributed by atoms with van der Waals surface area (Å²) in [4.78, 5) is 12.3. The van der Waals surface area contributed by atoms with Crippen LogP contribution in [0.3, 0.4) is 0 Å². The van der Waals surface area contributed by atoms with E-state index in [9.17, 15) is 18.0 Å². The summed E-state index contributed by atoms with van der Waals surface area (Å²) in [6, 6.07) is 11.2. The van der Waals surface area contributed by atoms with E-state index >= 15 is 0 Å². The largest absolute Gasteiger partial charge is 0.463 e. The van der Waals surface area contributed by atoms with Crippen LogP contribution in [0.15, 0.2) is 64.0 Å². The van der Waals surface area contributed by atoms with Gasteiger partial charge in [-0.3, -0.25) is 4.79 Å². The lowest BCUT2D eigenvalue weighted by Gasteiger charge is -2.08. The van der Waals surface area contributed by atoms with E-state index in [-0.39, 0.29) is 16.6 Å². The Hall–Kier alpha value is -2.56. The quantitative estimate of drug-likeness (QED) is 0.661. The lowest BCUT2D eigenvalue weighted by atomic mass is 10.0. The lowest BCUT2D eigenvalue weighted by molar-refractivity contribution is -0.137. The molecule has 0 atom stereocenters. The van der Waals surface area contributed by atoms with Gasteiger partial charge in [0.25, 0.3) is 0 Å². The molecule has 0 fully saturated rings. The second kappa shape index (κ2) is 4.77. The van der Waals surface area contributed by atoms with Crippen molar-refractivity contribution >= 4 is 11.0 Å². The van der Waals surface area contributed by atoms with E-state index in [1.165, 1.54) is 18.4 Å². The minimum absolute atomic E-state index is 0.111. The highest BCUT2D eigenvalue weighted by Crippen LogP contribution is 2.31. The smallest absolute Gasteiger partial charge is 0.416 e. The molecule has 0 radical (unpaired) electrons. The third kappa shape index (κ3) is 2.42. The van der Waals surface area contributed by atoms with Crippen LogP contribution in [0, 0.1) is 0 Å². The van der Waals surface area contributed by atoms with Crippen molar-refractivity contribution < 1.29 is 17.6 Å². The first-order valence-electron chi connectivity index (χ1n) is 6.15. The number of para-hydroxylation sites is 1. The number of alkyl halides is 3. The molecule has 21 heavy (non-hydrogen) atoms. The summed E-state index contributed by atoms with van der Waals surface area (Å²) in [6.45, 7) is 0. The van der Waals surface area contributed by atoms with Crippen molar-refractivity contribution in [2.24, 2.45) is 0 Å². The highest BCUT2D eigenvalue weighted by molar-refractivity contribution is 5.81. The lowest BCUT2D eigenvalue weighted by Crippen LogP contribution is -2.07. The molecule has 0 saturated heterocycles. The number of hydrogen-bond acceptors (Lipinski definition) is 2. The van der Waals surface area contributed by atoms with E-state index in [2.05, 4.69) is 0 Å². The van der Waals surface area contributed by atoms with Gasteiger partial charge < -0.3 is 4.42 Å². The fourth-order valence-corrected chi connectivity index (χ4v) is 2.14. The van der Waals surface area contributed by atoms with Crippen LogP contribution in [-0.4, -0.2) is 0 Å². The SMILES string of the molecule is O=c1c(-c2cccc(C(F)(F)F)c2)coc2ccccc12. The van der Waals surface area contributed by atoms with E-state index in [1.807, 2.05) is 0 Å². The minimum Gasteiger partial charge on any atom is -0.463 e. The van der Waals surface area contributed by atoms with E-state index in [1.54, 1.807) is 24.3 Å². The number of hydrogen-bond donors (Lipinski definition) is 0. The van der Waals surface area contributed by atoms with Crippen LogP contribution in [0.1, 0.15) is 5.56 Å². The predicted molar refractivity (Wildman–Crippen MR) is 72.9 cm³/mol. The molecule has 1 aromatic heterocycles. The summed E-state index contributed by atoms with van der Waals surface area (Å²) >= 11 is 0. The molecule has 0 unspecified atom stereocenters. The van der Waals surface area contributed by atoms with Crippen LogP contribution in [-0.2, 0) is 6.18 Å². The molecule has 3 aromatic rings. The fraction of sp³-hybridized carbons (Fsp3) is 0.0625. The zero-order valence-electron chi connectivity index (χ0n) is 10.6. The van der Waals surface area contributed by atoms with Gasteiger partial charge in [0, 0.05) is 0 Å². The summed E-state index contributed by atoms with van der Waals surface area (Å²) in [6.07, 6.45) is -3.26. The van der Waals surface area contributed by atoms with E-state index in [0.717, 1.165) is 12.1 Å². The second-order valence-corrected chi connectivity index (χ2v) is 4.55. The van der Waals surface area contributed by atoms with Gasteiger partial charge in [-0.1, -0.05) is 24.3 Å². The van der Waals surface area contributed by atoms with Crippen molar-refractivity contribution in [2.45, 2.75) is 6.18 Å². The first-order chi connectivity index (χ1) is 9.97. The van der Waals surface area contributed by atoms with E-state index in [4.69, 9.17) is 4.42 Å². The van der Waals surface area contributed by atoms with Gasteiger partial charge in [0.05, 0.1) is 16.5 Å². The number of halogens is 3. The Morgan fingerprint density at radius 1 is 0.952 bits per heavy atom. The molecule has 2 aromatic carbocycles. The Morgan fingerprint density at radius 3 is 2.48 bits per heavy atom. The molecular formula is C16H9F3O2. The fourth-order valence-electron chi connectivity index (χ4n) is 2.14. The van der Waals surface area contributed by atoms with Crippen LogP contribution in [0.2, 0.25) is 0 Å². The van der Waals surface area contributed by atoms with Crippen molar-refractivity contribution in [3.05, 3.63) is 70.6 Å². The Morgan fingerprint density at radius 2 is 1.71 bits per heavy atom. The van der Waals surface area contributed by atoms with Crippen molar-refractivity contribution in [1.29, 1.82) is 0 Å². The van der Waals surface area contributed by atoms with Crippen LogP contribution in [0.5, 0.6) is 0 Å². The first-order valence-corrected chi connectivity index (χ1v) is 6.15. The molecule has 0 saturated carbocycles. The van der Waals surface area contributed by atoms with Gasteiger partial charge in [0.15, 0.2) is 5.43 Å². The molecule has 0 bridgehead atoms. The van der Waals surface area contributed by atoms with Crippen LogP contribution in [0.25, 0.3) is 22.1 Å². The second-order valence-electron chi connectivity index (χ2n) is 4.55. The van der Waals surface area contributed by atoms with Crippen molar-refractivity contribution in [3.8, 4) is 11.1 Å². The zero-order chi connectivity index (χ0) is 15.0. The third-order valence-corrected chi connectivity index (χ3v) is 3.18. The van der Waals surface area contributed by atoms with Gasteiger partial charge in [0.1, 0.15) is 11.8 Å². The molecule has 106 valence electrons. The summed E-state index contributed by atoms with van der Waals surface area (Å²) in [7, 11) is 0. The number of benzene rings is 2. The molecule has 0 spiro atoms. The summed E-state index contributed by atoms with van der Waals surface area (Å²) in [5.74, 6) is 0. The Labute approximate surface area is 117 Å².